The normalized spacial score (nSPS) is 22.5. The summed E-state index contributed by atoms with van der Waals surface area (Å²) >= 11 is 0. The SMILES string of the molecule is COc1ccnc(N2CCOC3(CCNCC3)C2)c1. The molecule has 0 aliphatic carbocycles. The number of nitrogens with one attached hydrogen (secondary N) is 1. The Morgan fingerprint density at radius 2 is 2.26 bits per heavy atom. The first kappa shape index (κ1) is 12.7. The zero-order valence-electron chi connectivity index (χ0n) is 11.4. The lowest BCUT2D eigenvalue weighted by Gasteiger charge is -2.45. The molecule has 3 rings (SSSR count). The number of rotatable bonds is 2. The van der Waals surface area contributed by atoms with Crippen LogP contribution in [0.3, 0.4) is 0 Å². The predicted octanol–water partition coefficient (Wildman–Crippen LogP) is 1.05. The Kier molecular flexibility index (Phi) is 3.57. The predicted molar refractivity (Wildman–Crippen MR) is 73.8 cm³/mol. The molecule has 0 bridgehead atoms. The Hall–Kier alpha value is -1.33. The molecule has 0 saturated carbocycles. The molecule has 0 radical (unpaired) electrons. The summed E-state index contributed by atoms with van der Waals surface area (Å²) in [5, 5.41) is 3.40. The molecule has 1 aromatic rings. The molecule has 1 N–H and O–H groups in total. The van der Waals surface area contributed by atoms with Crippen LogP contribution in [0.5, 0.6) is 5.75 Å². The number of ether oxygens (including phenoxy) is 2. The first-order valence-corrected chi connectivity index (χ1v) is 6.91. The van der Waals surface area contributed by atoms with Crippen molar-refractivity contribution in [3.8, 4) is 5.75 Å². The highest BCUT2D eigenvalue weighted by Crippen LogP contribution is 2.30. The minimum absolute atomic E-state index is 0.00819. The molecule has 2 aliphatic rings. The van der Waals surface area contributed by atoms with Crippen LogP contribution in [0.2, 0.25) is 0 Å². The van der Waals surface area contributed by atoms with Crippen molar-refractivity contribution in [1.82, 2.24) is 10.3 Å². The second-order valence-electron chi connectivity index (χ2n) is 5.26. The van der Waals surface area contributed by atoms with Gasteiger partial charge in [0.2, 0.25) is 0 Å². The fourth-order valence-corrected chi connectivity index (χ4v) is 2.92. The van der Waals surface area contributed by atoms with E-state index in [0.717, 1.165) is 57.2 Å². The van der Waals surface area contributed by atoms with Crippen LogP contribution in [0.1, 0.15) is 12.8 Å². The second kappa shape index (κ2) is 5.35. The van der Waals surface area contributed by atoms with Gasteiger partial charge in [0.25, 0.3) is 0 Å². The highest BCUT2D eigenvalue weighted by molar-refractivity contribution is 5.44. The topological polar surface area (TPSA) is 46.6 Å². The molecular formula is C14H21N3O2. The Bertz CT molecular complexity index is 427. The highest BCUT2D eigenvalue weighted by atomic mass is 16.5. The van der Waals surface area contributed by atoms with Crippen molar-refractivity contribution in [3.63, 3.8) is 0 Å². The lowest BCUT2D eigenvalue weighted by atomic mass is 9.90. The molecule has 3 heterocycles. The summed E-state index contributed by atoms with van der Waals surface area (Å²) in [6.07, 6.45) is 3.96. The summed E-state index contributed by atoms with van der Waals surface area (Å²) in [6, 6.07) is 3.88. The number of anilines is 1. The third-order valence-electron chi connectivity index (χ3n) is 4.04. The largest absolute Gasteiger partial charge is 0.497 e. The molecule has 1 aromatic heterocycles. The molecule has 5 heteroatoms. The second-order valence-corrected chi connectivity index (χ2v) is 5.26. The quantitative estimate of drug-likeness (QED) is 0.864. The number of aromatic nitrogens is 1. The lowest BCUT2D eigenvalue weighted by molar-refractivity contribution is -0.0740. The molecule has 5 nitrogen and oxygen atoms in total. The first-order chi connectivity index (χ1) is 9.31. The van der Waals surface area contributed by atoms with Gasteiger partial charge in [-0.15, -0.1) is 0 Å². The average Bonchev–Trinajstić information content (AvgIpc) is 2.48. The summed E-state index contributed by atoms with van der Waals surface area (Å²) in [6.45, 7) is 4.68. The number of pyridine rings is 1. The van der Waals surface area contributed by atoms with Gasteiger partial charge in [-0.05, 0) is 32.0 Å². The van der Waals surface area contributed by atoms with Crippen LogP contribution in [-0.2, 0) is 4.74 Å². The van der Waals surface area contributed by atoms with Gasteiger partial charge in [0.15, 0.2) is 0 Å². The van der Waals surface area contributed by atoms with Crippen LogP contribution >= 0.6 is 0 Å². The van der Waals surface area contributed by atoms with E-state index in [-0.39, 0.29) is 5.60 Å². The van der Waals surface area contributed by atoms with Crippen LogP contribution in [0.15, 0.2) is 18.3 Å². The number of morpholine rings is 1. The van der Waals surface area contributed by atoms with E-state index in [2.05, 4.69) is 15.2 Å². The molecule has 0 unspecified atom stereocenters. The molecule has 0 amide bonds. The molecular weight excluding hydrogens is 242 g/mol. The van der Waals surface area contributed by atoms with Gasteiger partial charge in [-0.3, -0.25) is 0 Å². The molecule has 2 fully saturated rings. The third kappa shape index (κ3) is 2.67. The number of methoxy groups -OCH3 is 1. The molecule has 1 spiro atoms. The van der Waals surface area contributed by atoms with Crippen molar-refractivity contribution in [2.45, 2.75) is 18.4 Å². The van der Waals surface area contributed by atoms with E-state index >= 15 is 0 Å². The van der Waals surface area contributed by atoms with Crippen LogP contribution in [-0.4, -0.2) is 50.5 Å². The molecule has 2 aliphatic heterocycles. The van der Waals surface area contributed by atoms with Gasteiger partial charge in [0, 0.05) is 25.4 Å². The number of hydrogen-bond donors (Lipinski definition) is 1. The highest BCUT2D eigenvalue weighted by Gasteiger charge is 2.38. The van der Waals surface area contributed by atoms with Crippen molar-refractivity contribution in [2.75, 3.05) is 44.8 Å². The van der Waals surface area contributed by atoms with Gasteiger partial charge in [-0.2, -0.15) is 0 Å². The van der Waals surface area contributed by atoms with Crippen LogP contribution < -0.4 is 15.0 Å². The monoisotopic (exact) mass is 263 g/mol. The number of piperidine rings is 1. The van der Waals surface area contributed by atoms with Crippen LogP contribution in [0, 0.1) is 0 Å². The van der Waals surface area contributed by atoms with Gasteiger partial charge >= 0.3 is 0 Å². The van der Waals surface area contributed by atoms with E-state index in [9.17, 15) is 0 Å². The van der Waals surface area contributed by atoms with E-state index < -0.39 is 0 Å². The van der Waals surface area contributed by atoms with Crippen molar-refractivity contribution < 1.29 is 9.47 Å². The molecule has 104 valence electrons. The van der Waals surface area contributed by atoms with Gasteiger partial charge in [-0.1, -0.05) is 0 Å². The van der Waals surface area contributed by atoms with E-state index in [1.54, 1.807) is 13.3 Å². The van der Waals surface area contributed by atoms with Gasteiger partial charge < -0.3 is 19.7 Å². The van der Waals surface area contributed by atoms with E-state index in [1.165, 1.54) is 0 Å². The maximum Gasteiger partial charge on any atom is 0.132 e. The maximum absolute atomic E-state index is 6.07. The first-order valence-electron chi connectivity index (χ1n) is 6.91. The molecule has 19 heavy (non-hydrogen) atoms. The van der Waals surface area contributed by atoms with Gasteiger partial charge in [-0.25, -0.2) is 4.98 Å². The van der Waals surface area contributed by atoms with Crippen molar-refractivity contribution in [1.29, 1.82) is 0 Å². The Balaban J connectivity index is 1.76. The fraction of sp³-hybridized carbons (Fsp3) is 0.643. The minimum atomic E-state index is 0.00819. The standard InChI is InChI=1S/C14H21N3O2/c1-18-12-2-5-16-13(10-12)17-8-9-19-14(11-17)3-6-15-7-4-14/h2,5,10,15H,3-4,6-9,11H2,1H3. The van der Waals surface area contributed by atoms with E-state index in [1.807, 2.05) is 12.1 Å². The Morgan fingerprint density at radius 3 is 3.05 bits per heavy atom. The zero-order chi connectivity index (χ0) is 13.1. The smallest absolute Gasteiger partial charge is 0.132 e. The fourth-order valence-electron chi connectivity index (χ4n) is 2.92. The number of nitrogens with zero attached hydrogens (tertiary/aromatic N) is 2. The summed E-state index contributed by atoms with van der Waals surface area (Å²) in [5.74, 6) is 1.84. The minimum Gasteiger partial charge on any atom is -0.497 e. The van der Waals surface area contributed by atoms with Crippen molar-refractivity contribution in [3.05, 3.63) is 18.3 Å². The summed E-state index contributed by atoms with van der Waals surface area (Å²) in [7, 11) is 1.69. The summed E-state index contributed by atoms with van der Waals surface area (Å²) < 4.78 is 11.3. The molecule has 2 saturated heterocycles. The van der Waals surface area contributed by atoms with Gasteiger partial charge in [0.1, 0.15) is 11.6 Å². The Morgan fingerprint density at radius 1 is 1.42 bits per heavy atom. The zero-order valence-corrected chi connectivity index (χ0v) is 11.4. The molecule has 0 atom stereocenters. The van der Waals surface area contributed by atoms with Crippen LogP contribution in [0.4, 0.5) is 5.82 Å². The third-order valence-corrected chi connectivity index (χ3v) is 4.04. The Labute approximate surface area is 113 Å². The maximum atomic E-state index is 6.07. The summed E-state index contributed by atoms with van der Waals surface area (Å²) in [4.78, 5) is 6.78. The van der Waals surface area contributed by atoms with Crippen LogP contribution in [0.25, 0.3) is 0 Å². The van der Waals surface area contributed by atoms with Crippen molar-refractivity contribution >= 4 is 5.82 Å². The molecule has 0 aromatic carbocycles. The van der Waals surface area contributed by atoms with Gasteiger partial charge in [0.05, 0.1) is 19.3 Å². The lowest BCUT2D eigenvalue weighted by Crippen LogP contribution is -2.56. The van der Waals surface area contributed by atoms with Crippen molar-refractivity contribution in [2.24, 2.45) is 0 Å². The summed E-state index contributed by atoms with van der Waals surface area (Å²) in [5.41, 5.74) is 0.00819. The van der Waals surface area contributed by atoms with E-state index in [4.69, 9.17) is 9.47 Å². The number of hydrogen-bond acceptors (Lipinski definition) is 5. The average molecular weight is 263 g/mol. The van der Waals surface area contributed by atoms with E-state index in [0.29, 0.717) is 0 Å².